The first kappa shape index (κ1) is 14.9. The van der Waals surface area contributed by atoms with Crippen molar-refractivity contribution in [1.29, 1.82) is 0 Å². The van der Waals surface area contributed by atoms with Crippen molar-refractivity contribution in [2.24, 2.45) is 5.92 Å². The van der Waals surface area contributed by atoms with Crippen LogP contribution in [-0.4, -0.2) is 62.7 Å². The van der Waals surface area contributed by atoms with Gasteiger partial charge in [-0.1, -0.05) is 13.8 Å². The Balaban J connectivity index is 2.12. The number of piperidine rings is 1. The van der Waals surface area contributed by atoms with Gasteiger partial charge in [-0.05, 0) is 65.5 Å². The van der Waals surface area contributed by atoms with E-state index in [1.807, 2.05) is 0 Å². The van der Waals surface area contributed by atoms with E-state index in [1.54, 1.807) is 0 Å². The molecule has 1 aliphatic heterocycles. The molecule has 1 unspecified atom stereocenters. The third kappa shape index (κ3) is 5.84. The summed E-state index contributed by atoms with van der Waals surface area (Å²) in [6, 6.07) is 0.805. The van der Waals surface area contributed by atoms with Crippen LogP contribution in [0.4, 0.5) is 0 Å². The molecule has 0 saturated carbocycles. The highest BCUT2D eigenvalue weighted by Gasteiger charge is 2.21. The Morgan fingerprint density at radius 2 is 1.94 bits per heavy atom. The van der Waals surface area contributed by atoms with Crippen LogP contribution in [0.25, 0.3) is 0 Å². The van der Waals surface area contributed by atoms with E-state index in [1.165, 1.54) is 45.4 Å². The Kier molecular flexibility index (Phi) is 7.09. The van der Waals surface area contributed by atoms with Crippen LogP contribution in [0.2, 0.25) is 0 Å². The van der Waals surface area contributed by atoms with Gasteiger partial charge in [0.25, 0.3) is 0 Å². The summed E-state index contributed by atoms with van der Waals surface area (Å²) in [6.45, 7) is 10.7. The van der Waals surface area contributed by atoms with Crippen molar-refractivity contribution in [3.05, 3.63) is 0 Å². The summed E-state index contributed by atoms with van der Waals surface area (Å²) in [6.07, 6.45) is 3.91. The molecule has 1 N–H and O–H groups in total. The Hall–Kier alpha value is -0.120. The van der Waals surface area contributed by atoms with Crippen LogP contribution in [0.3, 0.4) is 0 Å². The van der Waals surface area contributed by atoms with E-state index >= 15 is 0 Å². The molecular weight excluding hydrogens is 210 g/mol. The van der Waals surface area contributed by atoms with Gasteiger partial charge in [-0.25, -0.2) is 0 Å². The topological polar surface area (TPSA) is 18.5 Å². The molecule has 0 aromatic rings. The van der Waals surface area contributed by atoms with Crippen molar-refractivity contribution >= 4 is 0 Å². The number of nitrogens with zero attached hydrogens (tertiary/aromatic N) is 2. The molecule has 0 spiro atoms. The molecular formula is C14H31N3. The fourth-order valence-electron chi connectivity index (χ4n) is 2.65. The van der Waals surface area contributed by atoms with Crippen LogP contribution in [-0.2, 0) is 0 Å². The van der Waals surface area contributed by atoms with E-state index in [4.69, 9.17) is 0 Å². The zero-order chi connectivity index (χ0) is 12.7. The van der Waals surface area contributed by atoms with Gasteiger partial charge >= 0.3 is 0 Å². The van der Waals surface area contributed by atoms with E-state index in [0.29, 0.717) is 0 Å². The summed E-state index contributed by atoms with van der Waals surface area (Å²) >= 11 is 0. The summed E-state index contributed by atoms with van der Waals surface area (Å²) in [7, 11) is 4.41. The molecule has 1 heterocycles. The van der Waals surface area contributed by atoms with Gasteiger partial charge in [0.15, 0.2) is 0 Å². The maximum Gasteiger partial charge on any atom is 0.0113 e. The minimum Gasteiger partial charge on any atom is -0.316 e. The Morgan fingerprint density at radius 3 is 2.47 bits per heavy atom. The third-order valence-electron chi connectivity index (χ3n) is 3.78. The van der Waals surface area contributed by atoms with Crippen molar-refractivity contribution in [3.8, 4) is 0 Å². The first-order valence-electron chi connectivity index (χ1n) is 7.23. The zero-order valence-corrected chi connectivity index (χ0v) is 12.2. The Bertz CT molecular complexity index is 186. The van der Waals surface area contributed by atoms with Gasteiger partial charge in [0, 0.05) is 12.6 Å². The van der Waals surface area contributed by atoms with Crippen molar-refractivity contribution in [3.63, 3.8) is 0 Å². The van der Waals surface area contributed by atoms with Crippen molar-refractivity contribution in [2.45, 2.75) is 39.2 Å². The highest BCUT2D eigenvalue weighted by Crippen LogP contribution is 2.15. The molecule has 1 atom stereocenters. The van der Waals surface area contributed by atoms with Gasteiger partial charge in [0.05, 0.1) is 0 Å². The van der Waals surface area contributed by atoms with Crippen molar-refractivity contribution in [2.75, 3.05) is 46.8 Å². The van der Waals surface area contributed by atoms with Gasteiger partial charge < -0.3 is 15.1 Å². The molecule has 0 aromatic carbocycles. The fraction of sp³-hybridized carbons (Fsp3) is 1.00. The predicted octanol–water partition coefficient (Wildman–Crippen LogP) is 1.65. The van der Waals surface area contributed by atoms with Crippen LogP contribution in [0.15, 0.2) is 0 Å². The lowest BCUT2D eigenvalue weighted by Gasteiger charge is -2.36. The number of hydrogen-bond acceptors (Lipinski definition) is 3. The molecule has 0 amide bonds. The number of nitrogens with one attached hydrogen (secondary N) is 1. The summed E-state index contributed by atoms with van der Waals surface area (Å²) in [5.41, 5.74) is 0. The second-order valence-electron chi connectivity index (χ2n) is 5.80. The summed E-state index contributed by atoms with van der Waals surface area (Å²) in [4.78, 5) is 5.02. The Labute approximate surface area is 108 Å². The van der Waals surface area contributed by atoms with Gasteiger partial charge in [-0.3, -0.25) is 0 Å². The molecule has 0 bridgehead atoms. The molecule has 1 fully saturated rings. The third-order valence-corrected chi connectivity index (χ3v) is 3.78. The molecule has 1 aliphatic rings. The van der Waals surface area contributed by atoms with Crippen molar-refractivity contribution < 1.29 is 0 Å². The Morgan fingerprint density at radius 1 is 1.29 bits per heavy atom. The average Bonchev–Trinajstić information content (AvgIpc) is 2.30. The number of likely N-dealkylation sites (tertiary alicyclic amines) is 1. The van der Waals surface area contributed by atoms with E-state index in [9.17, 15) is 0 Å². The van der Waals surface area contributed by atoms with E-state index in [0.717, 1.165) is 18.5 Å². The van der Waals surface area contributed by atoms with Crippen LogP contribution in [0, 0.1) is 5.92 Å². The first-order chi connectivity index (χ1) is 8.13. The lowest BCUT2D eigenvalue weighted by Crippen LogP contribution is -2.44. The van der Waals surface area contributed by atoms with E-state index < -0.39 is 0 Å². The predicted molar refractivity (Wildman–Crippen MR) is 75.5 cm³/mol. The molecule has 17 heavy (non-hydrogen) atoms. The van der Waals surface area contributed by atoms with Crippen LogP contribution in [0.5, 0.6) is 0 Å². The molecule has 3 heteroatoms. The average molecular weight is 241 g/mol. The maximum atomic E-state index is 3.52. The zero-order valence-electron chi connectivity index (χ0n) is 12.2. The number of hydrogen-bond donors (Lipinski definition) is 1. The molecule has 1 saturated heterocycles. The van der Waals surface area contributed by atoms with Gasteiger partial charge in [-0.2, -0.15) is 0 Å². The summed E-state index contributed by atoms with van der Waals surface area (Å²) in [5.74, 6) is 0.775. The molecule has 102 valence electrons. The normalized spacial score (nSPS) is 21.0. The summed E-state index contributed by atoms with van der Waals surface area (Å²) in [5, 5.41) is 3.52. The monoisotopic (exact) mass is 241 g/mol. The number of rotatable bonds is 7. The fourth-order valence-corrected chi connectivity index (χ4v) is 2.65. The standard InChI is InChI=1S/C14H31N3/c1-5-8-15-11-13(2)12-17-9-6-14(7-10-17)16(3)4/h13-15H,5-12H2,1-4H3. The molecule has 0 aliphatic carbocycles. The van der Waals surface area contributed by atoms with Crippen molar-refractivity contribution in [1.82, 2.24) is 15.1 Å². The second-order valence-corrected chi connectivity index (χ2v) is 5.80. The quantitative estimate of drug-likeness (QED) is 0.684. The first-order valence-corrected chi connectivity index (χ1v) is 7.23. The minimum atomic E-state index is 0.775. The van der Waals surface area contributed by atoms with Gasteiger partial charge in [0.1, 0.15) is 0 Å². The SMILES string of the molecule is CCCNCC(C)CN1CCC(N(C)C)CC1. The molecule has 0 aromatic heterocycles. The van der Waals surface area contributed by atoms with Gasteiger partial charge in [-0.15, -0.1) is 0 Å². The lowest BCUT2D eigenvalue weighted by molar-refractivity contribution is 0.132. The molecule has 3 nitrogen and oxygen atoms in total. The van der Waals surface area contributed by atoms with Crippen LogP contribution < -0.4 is 5.32 Å². The van der Waals surface area contributed by atoms with Crippen LogP contribution in [0.1, 0.15) is 33.1 Å². The molecule has 1 rings (SSSR count). The van der Waals surface area contributed by atoms with Crippen LogP contribution >= 0.6 is 0 Å². The largest absolute Gasteiger partial charge is 0.316 e. The highest BCUT2D eigenvalue weighted by molar-refractivity contribution is 4.78. The van der Waals surface area contributed by atoms with Gasteiger partial charge in [0.2, 0.25) is 0 Å². The lowest BCUT2D eigenvalue weighted by atomic mass is 10.0. The maximum absolute atomic E-state index is 3.52. The van der Waals surface area contributed by atoms with E-state index in [2.05, 4.69) is 43.1 Å². The van der Waals surface area contributed by atoms with E-state index in [-0.39, 0.29) is 0 Å². The minimum absolute atomic E-state index is 0.775. The summed E-state index contributed by atoms with van der Waals surface area (Å²) < 4.78 is 0. The highest BCUT2D eigenvalue weighted by atomic mass is 15.2. The molecule has 0 radical (unpaired) electrons. The smallest absolute Gasteiger partial charge is 0.0113 e. The second kappa shape index (κ2) is 8.06.